The van der Waals surface area contributed by atoms with Gasteiger partial charge in [-0.25, -0.2) is 0 Å². The monoisotopic (exact) mass is 470 g/mol. The molecule has 0 aliphatic carbocycles. The molecule has 1 saturated heterocycles. The van der Waals surface area contributed by atoms with Crippen molar-refractivity contribution in [2.45, 2.75) is 32.0 Å². The maximum absolute atomic E-state index is 13.4. The van der Waals surface area contributed by atoms with Crippen LogP contribution in [0.4, 0.5) is 18.2 Å². The quantitative estimate of drug-likeness (QED) is 0.610. The molecule has 8 heteroatoms. The lowest BCUT2D eigenvalue weighted by atomic mass is 9.98. The van der Waals surface area contributed by atoms with E-state index in [-0.39, 0.29) is 6.04 Å². The molecule has 0 spiro atoms. The molecule has 4 heterocycles. The minimum Gasteiger partial charge on any atom is -0.366 e. The molecule has 2 aliphatic heterocycles. The van der Waals surface area contributed by atoms with E-state index >= 15 is 0 Å². The second-order valence-corrected chi connectivity index (χ2v) is 9.73. The fourth-order valence-electron chi connectivity index (χ4n) is 4.69. The largest absolute Gasteiger partial charge is 0.416 e. The van der Waals surface area contributed by atoms with Crippen molar-refractivity contribution in [2.75, 3.05) is 25.0 Å². The third-order valence-corrected chi connectivity index (χ3v) is 7.17. The van der Waals surface area contributed by atoms with Gasteiger partial charge < -0.3 is 15.5 Å². The van der Waals surface area contributed by atoms with Crippen LogP contribution in [0.2, 0.25) is 0 Å². The number of nitrogens with one attached hydrogen (secondary N) is 2. The van der Waals surface area contributed by atoms with Crippen LogP contribution in [0.3, 0.4) is 0 Å². The van der Waals surface area contributed by atoms with Gasteiger partial charge in [-0.1, -0.05) is 18.2 Å². The van der Waals surface area contributed by atoms with Gasteiger partial charge in [0.1, 0.15) is 5.00 Å². The van der Waals surface area contributed by atoms with Crippen LogP contribution < -0.4 is 21.2 Å². The highest BCUT2D eigenvalue weighted by Gasteiger charge is 2.33. The topological polar surface area (TPSA) is 40.2 Å². The van der Waals surface area contributed by atoms with Crippen molar-refractivity contribution in [1.29, 1.82) is 0 Å². The van der Waals surface area contributed by atoms with Crippen LogP contribution in [0.1, 0.15) is 28.0 Å². The number of rotatable bonds is 4. The van der Waals surface area contributed by atoms with Crippen molar-refractivity contribution >= 4 is 28.2 Å². The van der Waals surface area contributed by atoms with E-state index in [2.05, 4.69) is 28.5 Å². The van der Waals surface area contributed by atoms with E-state index in [1.165, 1.54) is 17.0 Å². The summed E-state index contributed by atoms with van der Waals surface area (Å²) in [5, 5.41) is 10.00. The fraction of sp³-hybridized carbons (Fsp3) is 0.320. The number of hydrogen-bond donors (Lipinski definition) is 2. The SMILES string of the molecule is Cc1cc2c(s1)NC=c1cccnc1=C2N1CCNC(CCc2ccccc2C(F)(F)F)C1. The highest BCUT2D eigenvalue weighted by Crippen LogP contribution is 2.35. The van der Waals surface area contributed by atoms with E-state index in [1.54, 1.807) is 23.5 Å². The average Bonchev–Trinajstić information content (AvgIpc) is 3.09. The van der Waals surface area contributed by atoms with Gasteiger partial charge in [0.05, 0.1) is 16.6 Å². The van der Waals surface area contributed by atoms with Crippen molar-refractivity contribution in [3.05, 3.63) is 80.8 Å². The molecule has 33 heavy (non-hydrogen) atoms. The summed E-state index contributed by atoms with van der Waals surface area (Å²) in [4.78, 5) is 8.27. The number of pyridine rings is 1. The first kappa shape index (κ1) is 22.0. The van der Waals surface area contributed by atoms with E-state index in [0.29, 0.717) is 24.9 Å². The standard InChI is InChI=1S/C25H25F3N4S/c1-16-13-20-23(22-18(6-4-10-30-22)14-31-24(20)33-16)32-12-11-29-19(15-32)9-8-17-5-2-3-7-21(17)25(26,27)28/h2-7,10,13-14,19,29,31H,8-9,11-12,15H2,1H3. The predicted molar refractivity (Wildman–Crippen MR) is 126 cm³/mol. The zero-order valence-electron chi connectivity index (χ0n) is 18.2. The van der Waals surface area contributed by atoms with Crippen molar-refractivity contribution < 1.29 is 13.2 Å². The Morgan fingerprint density at radius 1 is 1.18 bits per heavy atom. The number of aromatic nitrogens is 1. The molecule has 1 atom stereocenters. The molecule has 0 radical (unpaired) electrons. The zero-order chi connectivity index (χ0) is 23.0. The number of benzene rings is 1. The molecule has 1 unspecified atom stereocenters. The van der Waals surface area contributed by atoms with Crippen LogP contribution in [-0.4, -0.2) is 35.6 Å². The van der Waals surface area contributed by atoms with Gasteiger partial charge in [0.25, 0.3) is 0 Å². The number of thiophene rings is 1. The lowest BCUT2D eigenvalue weighted by molar-refractivity contribution is -0.138. The van der Waals surface area contributed by atoms with Crippen LogP contribution >= 0.6 is 11.3 Å². The third kappa shape index (κ3) is 4.50. The summed E-state index contributed by atoms with van der Waals surface area (Å²) in [6, 6.07) is 12.1. The number of nitrogens with zero attached hydrogens (tertiary/aromatic N) is 2. The maximum Gasteiger partial charge on any atom is 0.416 e. The summed E-state index contributed by atoms with van der Waals surface area (Å²) in [6.45, 7) is 4.40. The van der Waals surface area contributed by atoms with Crippen molar-refractivity contribution in [3.63, 3.8) is 0 Å². The molecule has 1 fully saturated rings. The first-order chi connectivity index (χ1) is 15.9. The Balaban J connectivity index is 1.43. The van der Waals surface area contributed by atoms with E-state index in [9.17, 15) is 13.2 Å². The number of fused-ring (bicyclic) bond motifs is 2. The molecule has 1 aromatic carbocycles. The molecule has 3 aromatic rings. The summed E-state index contributed by atoms with van der Waals surface area (Å²) in [5.74, 6) is 0. The molecule has 4 nitrogen and oxygen atoms in total. The van der Waals surface area contributed by atoms with Crippen molar-refractivity contribution in [2.24, 2.45) is 0 Å². The number of hydrogen-bond acceptors (Lipinski definition) is 5. The Labute approximate surface area is 194 Å². The Morgan fingerprint density at radius 2 is 2.03 bits per heavy atom. The number of halogens is 3. The highest BCUT2D eigenvalue weighted by molar-refractivity contribution is 7.16. The lowest BCUT2D eigenvalue weighted by Gasteiger charge is -2.36. The fourth-order valence-corrected chi connectivity index (χ4v) is 5.57. The van der Waals surface area contributed by atoms with E-state index in [0.717, 1.165) is 39.9 Å². The second-order valence-electron chi connectivity index (χ2n) is 8.47. The van der Waals surface area contributed by atoms with Gasteiger partial charge >= 0.3 is 6.18 Å². The predicted octanol–water partition coefficient (Wildman–Crippen LogP) is 3.70. The van der Waals surface area contributed by atoms with Gasteiger partial charge in [-0.2, -0.15) is 13.2 Å². The average molecular weight is 471 g/mol. The van der Waals surface area contributed by atoms with Crippen LogP contribution in [0.15, 0.2) is 48.7 Å². The highest BCUT2D eigenvalue weighted by atomic mass is 32.1. The van der Waals surface area contributed by atoms with Gasteiger partial charge in [0, 0.05) is 53.7 Å². The summed E-state index contributed by atoms with van der Waals surface area (Å²) in [7, 11) is 0. The molecular formula is C25H25F3N4S. The Morgan fingerprint density at radius 3 is 2.88 bits per heavy atom. The smallest absolute Gasteiger partial charge is 0.366 e. The van der Waals surface area contributed by atoms with E-state index in [1.807, 2.05) is 24.5 Å². The van der Waals surface area contributed by atoms with Crippen molar-refractivity contribution in [1.82, 2.24) is 15.2 Å². The summed E-state index contributed by atoms with van der Waals surface area (Å²) < 4.78 is 40.2. The second kappa shape index (κ2) is 8.83. The molecule has 5 rings (SSSR count). The van der Waals surface area contributed by atoms with Crippen LogP contribution in [-0.2, 0) is 12.6 Å². The minimum atomic E-state index is -4.33. The lowest BCUT2D eigenvalue weighted by Crippen LogP contribution is -2.51. The molecule has 0 saturated carbocycles. The van der Waals surface area contributed by atoms with E-state index < -0.39 is 11.7 Å². The number of piperazine rings is 1. The van der Waals surface area contributed by atoms with Gasteiger partial charge in [0.15, 0.2) is 0 Å². The molecule has 2 aromatic heterocycles. The van der Waals surface area contributed by atoms with E-state index in [4.69, 9.17) is 4.98 Å². The number of alkyl halides is 3. The van der Waals surface area contributed by atoms with Gasteiger partial charge in [-0.15, -0.1) is 11.3 Å². The first-order valence-electron chi connectivity index (χ1n) is 11.1. The Kier molecular flexibility index (Phi) is 5.88. The summed E-state index contributed by atoms with van der Waals surface area (Å²) in [6.07, 6.45) is 0.489. The van der Waals surface area contributed by atoms with Crippen LogP contribution in [0, 0.1) is 6.92 Å². The van der Waals surface area contributed by atoms with Crippen molar-refractivity contribution in [3.8, 4) is 0 Å². The Bertz CT molecular complexity index is 1280. The molecule has 172 valence electrons. The maximum atomic E-state index is 13.4. The minimum absolute atomic E-state index is 0.0862. The Hall–Kier alpha value is -2.84. The summed E-state index contributed by atoms with van der Waals surface area (Å²) in [5.41, 5.74) is 2.05. The molecule has 0 amide bonds. The van der Waals surface area contributed by atoms with Gasteiger partial charge in [0.2, 0.25) is 0 Å². The molecule has 2 N–H and O–H groups in total. The molecular weight excluding hydrogens is 445 g/mol. The van der Waals surface area contributed by atoms with Gasteiger partial charge in [-0.3, -0.25) is 4.98 Å². The number of anilines is 1. The van der Waals surface area contributed by atoms with Gasteiger partial charge in [-0.05, 0) is 49.6 Å². The summed E-state index contributed by atoms with van der Waals surface area (Å²) >= 11 is 1.71. The van der Waals surface area contributed by atoms with Crippen LogP contribution in [0.5, 0.6) is 0 Å². The zero-order valence-corrected chi connectivity index (χ0v) is 19.1. The molecule has 0 bridgehead atoms. The third-order valence-electron chi connectivity index (χ3n) is 6.19. The molecule has 2 aliphatic rings. The first-order valence-corrected chi connectivity index (χ1v) is 11.9. The van der Waals surface area contributed by atoms with Crippen LogP contribution in [0.25, 0.3) is 11.9 Å². The normalized spacial score (nSPS) is 18.1. The number of aryl methyl sites for hydroxylation is 2.